The van der Waals surface area contributed by atoms with E-state index in [9.17, 15) is 21.6 Å². The van der Waals surface area contributed by atoms with Gasteiger partial charge in [-0.15, -0.1) is 0 Å². The molecule has 6 nitrogen and oxygen atoms in total. The predicted octanol–water partition coefficient (Wildman–Crippen LogP) is 3.48. The Bertz CT molecular complexity index is 1050. The first kappa shape index (κ1) is 20.3. The lowest BCUT2D eigenvalue weighted by Crippen LogP contribution is -2.26. The van der Waals surface area contributed by atoms with E-state index < -0.39 is 26.7 Å². The number of rotatable bonds is 6. The van der Waals surface area contributed by atoms with Gasteiger partial charge in [0.15, 0.2) is 0 Å². The molecule has 0 unspecified atom stereocenters. The molecule has 1 heterocycles. The average molecular weight is 431 g/mol. The van der Waals surface area contributed by atoms with E-state index in [4.69, 9.17) is 11.6 Å². The maximum atomic E-state index is 13.2. The molecule has 0 saturated carbocycles. The largest absolute Gasteiger partial charge is 0.417 e. The lowest BCUT2D eigenvalue weighted by Gasteiger charge is -2.14. The van der Waals surface area contributed by atoms with Gasteiger partial charge in [-0.1, -0.05) is 35.9 Å². The van der Waals surface area contributed by atoms with Gasteiger partial charge in [-0.25, -0.2) is 22.8 Å². The predicted molar refractivity (Wildman–Crippen MR) is 96.0 cm³/mol. The van der Waals surface area contributed by atoms with Crippen LogP contribution in [0.3, 0.4) is 0 Å². The second-order valence-electron chi connectivity index (χ2n) is 5.87. The first-order chi connectivity index (χ1) is 13.1. The lowest BCUT2D eigenvalue weighted by atomic mass is 10.1. The SMILES string of the molecule is O=S(=O)(NCc1ccc(Cn2cncn2)cc1)c1ccc(Cl)cc1C(F)(F)F. The third-order valence-electron chi connectivity index (χ3n) is 3.84. The summed E-state index contributed by atoms with van der Waals surface area (Å²) in [4.78, 5) is 2.97. The van der Waals surface area contributed by atoms with Crippen molar-refractivity contribution in [3.63, 3.8) is 0 Å². The van der Waals surface area contributed by atoms with Gasteiger partial charge in [0.1, 0.15) is 12.7 Å². The number of aromatic nitrogens is 3. The van der Waals surface area contributed by atoms with Crippen LogP contribution in [0, 0.1) is 0 Å². The third kappa shape index (κ3) is 4.89. The summed E-state index contributed by atoms with van der Waals surface area (Å²) in [5, 5.41) is 3.78. The van der Waals surface area contributed by atoms with Gasteiger partial charge in [0, 0.05) is 11.6 Å². The highest BCUT2D eigenvalue weighted by Gasteiger charge is 2.37. The van der Waals surface area contributed by atoms with Crippen molar-refractivity contribution in [2.75, 3.05) is 0 Å². The molecule has 0 amide bonds. The number of benzene rings is 2. The molecule has 0 saturated heterocycles. The molecule has 3 aromatic rings. The van der Waals surface area contributed by atoms with Gasteiger partial charge >= 0.3 is 6.18 Å². The van der Waals surface area contributed by atoms with Gasteiger partial charge in [-0.05, 0) is 29.3 Å². The summed E-state index contributed by atoms with van der Waals surface area (Å²) >= 11 is 5.59. The van der Waals surface area contributed by atoms with Crippen LogP contribution >= 0.6 is 11.6 Å². The third-order valence-corrected chi connectivity index (χ3v) is 5.53. The van der Waals surface area contributed by atoms with Crippen molar-refractivity contribution in [2.45, 2.75) is 24.2 Å². The van der Waals surface area contributed by atoms with Crippen molar-refractivity contribution in [1.29, 1.82) is 0 Å². The summed E-state index contributed by atoms with van der Waals surface area (Å²) in [6, 6.07) is 9.44. The summed E-state index contributed by atoms with van der Waals surface area (Å²) < 4.78 is 68.1. The average Bonchev–Trinajstić information content (AvgIpc) is 3.13. The van der Waals surface area contributed by atoms with Gasteiger partial charge in [-0.2, -0.15) is 18.3 Å². The van der Waals surface area contributed by atoms with Crippen molar-refractivity contribution in [3.8, 4) is 0 Å². The van der Waals surface area contributed by atoms with E-state index in [0.717, 1.165) is 17.7 Å². The molecule has 11 heteroatoms. The Hall–Kier alpha value is -2.43. The quantitative estimate of drug-likeness (QED) is 0.649. The minimum absolute atomic E-state index is 0.161. The normalized spacial score (nSPS) is 12.3. The molecule has 0 aliphatic carbocycles. The minimum Gasteiger partial charge on any atom is -0.249 e. The van der Waals surface area contributed by atoms with E-state index in [0.29, 0.717) is 18.2 Å². The molecule has 1 N–H and O–H groups in total. The molecule has 0 aliphatic heterocycles. The molecule has 148 valence electrons. The summed E-state index contributed by atoms with van der Waals surface area (Å²) in [5.41, 5.74) is 0.193. The van der Waals surface area contributed by atoms with E-state index >= 15 is 0 Å². The molecule has 0 atom stereocenters. The van der Waals surface area contributed by atoms with Crippen molar-refractivity contribution in [3.05, 3.63) is 76.8 Å². The molecular weight excluding hydrogens is 417 g/mol. The van der Waals surface area contributed by atoms with Crippen LogP contribution in [0.25, 0.3) is 0 Å². The number of nitrogens with zero attached hydrogens (tertiary/aromatic N) is 3. The fourth-order valence-corrected chi connectivity index (χ4v) is 3.87. The van der Waals surface area contributed by atoms with Crippen molar-refractivity contribution < 1.29 is 21.6 Å². The molecule has 1 aromatic heterocycles. The van der Waals surface area contributed by atoms with E-state index in [-0.39, 0.29) is 11.6 Å². The Balaban J connectivity index is 1.73. The molecule has 28 heavy (non-hydrogen) atoms. The smallest absolute Gasteiger partial charge is 0.249 e. The van der Waals surface area contributed by atoms with Crippen LogP contribution in [-0.4, -0.2) is 23.2 Å². The number of hydrogen-bond donors (Lipinski definition) is 1. The summed E-state index contributed by atoms with van der Waals surface area (Å²) in [7, 11) is -4.39. The fraction of sp³-hybridized carbons (Fsp3) is 0.176. The van der Waals surface area contributed by atoms with Gasteiger partial charge in [0.2, 0.25) is 10.0 Å². The number of halogens is 4. The van der Waals surface area contributed by atoms with Gasteiger partial charge in [0.25, 0.3) is 0 Å². The van der Waals surface area contributed by atoms with Crippen LogP contribution < -0.4 is 4.72 Å². The second kappa shape index (κ2) is 7.90. The Kier molecular flexibility index (Phi) is 5.73. The number of hydrogen-bond acceptors (Lipinski definition) is 4. The Morgan fingerprint density at radius 2 is 1.75 bits per heavy atom. The Morgan fingerprint density at radius 1 is 1.07 bits per heavy atom. The van der Waals surface area contributed by atoms with Crippen LogP contribution in [0.5, 0.6) is 0 Å². The maximum Gasteiger partial charge on any atom is 0.417 e. The molecule has 2 aromatic carbocycles. The van der Waals surface area contributed by atoms with E-state index in [2.05, 4.69) is 14.8 Å². The zero-order valence-electron chi connectivity index (χ0n) is 14.2. The summed E-state index contributed by atoms with van der Waals surface area (Å²) in [6.07, 6.45) is -1.88. The molecule has 0 fully saturated rings. The van der Waals surface area contributed by atoms with Crippen LogP contribution in [0.1, 0.15) is 16.7 Å². The molecule has 3 rings (SSSR count). The zero-order chi connectivity index (χ0) is 20.4. The molecule has 0 aliphatic rings. The zero-order valence-corrected chi connectivity index (χ0v) is 15.8. The highest BCUT2D eigenvalue weighted by atomic mass is 35.5. The van der Waals surface area contributed by atoms with Gasteiger partial charge in [0.05, 0.1) is 17.0 Å². The highest BCUT2D eigenvalue weighted by Crippen LogP contribution is 2.35. The van der Waals surface area contributed by atoms with E-state index in [1.807, 2.05) is 0 Å². The van der Waals surface area contributed by atoms with E-state index in [1.54, 1.807) is 35.3 Å². The molecule has 0 spiro atoms. The van der Waals surface area contributed by atoms with E-state index in [1.165, 1.54) is 6.33 Å². The molecular formula is C17H14ClF3N4O2S. The van der Waals surface area contributed by atoms with Gasteiger partial charge in [-0.3, -0.25) is 0 Å². The Morgan fingerprint density at radius 3 is 2.36 bits per heavy atom. The number of nitrogens with one attached hydrogen (secondary N) is 1. The Labute approximate surface area is 164 Å². The van der Waals surface area contributed by atoms with Gasteiger partial charge < -0.3 is 0 Å². The number of sulfonamides is 1. The highest BCUT2D eigenvalue weighted by molar-refractivity contribution is 7.89. The van der Waals surface area contributed by atoms with Crippen LogP contribution in [0.4, 0.5) is 13.2 Å². The monoisotopic (exact) mass is 430 g/mol. The first-order valence-electron chi connectivity index (χ1n) is 7.92. The van der Waals surface area contributed by atoms with Crippen LogP contribution in [0.15, 0.2) is 60.0 Å². The second-order valence-corrected chi connectivity index (χ2v) is 8.04. The summed E-state index contributed by atoms with van der Waals surface area (Å²) in [6.45, 7) is 0.331. The van der Waals surface area contributed by atoms with Crippen molar-refractivity contribution in [2.24, 2.45) is 0 Å². The lowest BCUT2D eigenvalue weighted by molar-refractivity contribution is -0.139. The molecule has 0 bridgehead atoms. The first-order valence-corrected chi connectivity index (χ1v) is 9.78. The number of alkyl halides is 3. The minimum atomic E-state index is -4.85. The van der Waals surface area contributed by atoms with Crippen molar-refractivity contribution in [1.82, 2.24) is 19.5 Å². The maximum absolute atomic E-state index is 13.2. The standard InChI is InChI=1S/C17H14ClF3N4O2S/c18-14-5-6-16(15(7-14)17(19,20)21)28(26,27)24-8-12-1-3-13(4-2-12)9-25-11-22-10-23-25/h1-7,10-11,24H,8-9H2. The summed E-state index contributed by atoms with van der Waals surface area (Å²) in [5.74, 6) is 0. The van der Waals surface area contributed by atoms with Crippen LogP contribution in [-0.2, 0) is 29.3 Å². The van der Waals surface area contributed by atoms with Crippen LogP contribution in [0.2, 0.25) is 5.02 Å². The van der Waals surface area contributed by atoms with Crippen molar-refractivity contribution >= 4 is 21.6 Å². The molecule has 0 radical (unpaired) electrons. The topological polar surface area (TPSA) is 76.9 Å². The fourth-order valence-electron chi connectivity index (χ4n) is 2.48.